The molecule has 1 amide bonds. The van der Waals surface area contributed by atoms with E-state index in [2.05, 4.69) is 15.4 Å². The van der Waals surface area contributed by atoms with Crippen LogP contribution in [0.3, 0.4) is 0 Å². The van der Waals surface area contributed by atoms with Crippen molar-refractivity contribution in [2.24, 2.45) is 11.1 Å². The molecular formula is C13H15N5O. The molecule has 19 heavy (non-hydrogen) atoms. The van der Waals surface area contributed by atoms with Crippen molar-refractivity contribution in [3.05, 3.63) is 36.9 Å². The summed E-state index contributed by atoms with van der Waals surface area (Å²) in [6, 6.07) is 7.46. The predicted octanol–water partition coefficient (Wildman–Crippen LogP) is 0.945. The Morgan fingerprint density at radius 2 is 2.11 bits per heavy atom. The van der Waals surface area contributed by atoms with E-state index in [1.54, 1.807) is 11.0 Å². The van der Waals surface area contributed by atoms with Crippen LogP contribution in [0.2, 0.25) is 0 Å². The molecule has 1 heterocycles. The first kappa shape index (κ1) is 11.9. The molecule has 6 heteroatoms. The fourth-order valence-electron chi connectivity index (χ4n) is 1.98. The summed E-state index contributed by atoms with van der Waals surface area (Å²) >= 11 is 0. The van der Waals surface area contributed by atoms with Gasteiger partial charge in [0.1, 0.15) is 12.7 Å². The van der Waals surface area contributed by atoms with Crippen molar-refractivity contribution in [1.29, 1.82) is 0 Å². The average Bonchev–Trinajstić information content (AvgIpc) is 3.06. The molecule has 0 saturated heterocycles. The molecule has 6 nitrogen and oxygen atoms in total. The second-order valence-electron chi connectivity index (χ2n) is 4.83. The molecule has 1 aromatic heterocycles. The van der Waals surface area contributed by atoms with E-state index in [9.17, 15) is 4.79 Å². The minimum Gasteiger partial charge on any atom is -0.329 e. The van der Waals surface area contributed by atoms with Crippen LogP contribution in [0.15, 0.2) is 36.9 Å². The highest BCUT2D eigenvalue weighted by Gasteiger charge is 2.48. The molecule has 1 fully saturated rings. The summed E-state index contributed by atoms with van der Waals surface area (Å²) in [5.41, 5.74) is 6.97. The number of nitrogens with two attached hydrogens (primary N) is 1. The lowest BCUT2D eigenvalue weighted by molar-refractivity contribution is -0.120. The Morgan fingerprint density at radius 3 is 2.63 bits per heavy atom. The molecular weight excluding hydrogens is 242 g/mol. The lowest BCUT2D eigenvalue weighted by Gasteiger charge is -2.13. The number of amides is 1. The maximum Gasteiger partial charge on any atom is 0.231 e. The molecule has 1 aliphatic rings. The zero-order valence-electron chi connectivity index (χ0n) is 10.4. The highest BCUT2D eigenvalue weighted by Crippen LogP contribution is 2.45. The van der Waals surface area contributed by atoms with E-state index in [1.807, 2.05) is 24.3 Å². The third-order valence-electron chi connectivity index (χ3n) is 3.53. The number of aromatic nitrogens is 3. The van der Waals surface area contributed by atoms with Gasteiger partial charge in [0, 0.05) is 12.2 Å². The second-order valence-corrected chi connectivity index (χ2v) is 4.83. The van der Waals surface area contributed by atoms with Gasteiger partial charge in [-0.15, -0.1) is 0 Å². The van der Waals surface area contributed by atoms with Gasteiger partial charge in [0.25, 0.3) is 0 Å². The zero-order valence-corrected chi connectivity index (χ0v) is 10.4. The third-order valence-corrected chi connectivity index (χ3v) is 3.53. The van der Waals surface area contributed by atoms with Gasteiger partial charge >= 0.3 is 0 Å². The van der Waals surface area contributed by atoms with E-state index in [0.717, 1.165) is 24.2 Å². The highest BCUT2D eigenvalue weighted by atomic mass is 16.2. The second kappa shape index (κ2) is 4.47. The van der Waals surface area contributed by atoms with Crippen LogP contribution >= 0.6 is 0 Å². The van der Waals surface area contributed by atoms with Crippen molar-refractivity contribution >= 4 is 11.6 Å². The molecule has 2 aromatic rings. The number of anilines is 1. The summed E-state index contributed by atoms with van der Waals surface area (Å²) in [7, 11) is 0. The summed E-state index contributed by atoms with van der Waals surface area (Å²) in [6.45, 7) is 0.413. The van der Waals surface area contributed by atoms with Gasteiger partial charge < -0.3 is 11.1 Å². The maximum absolute atomic E-state index is 12.0. The van der Waals surface area contributed by atoms with Crippen molar-refractivity contribution < 1.29 is 4.79 Å². The summed E-state index contributed by atoms with van der Waals surface area (Å²) in [5.74, 6) is 0.0171. The first-order valence-corrected chi connectivity index (χ1v) is 6.20. The van der Waals surface area contributed by atoms with Gasteiger partial charge in [-0.3, -0.25) is 4.79 Å². The van der Waals surface area contributed by atoms with Gasteiger partial charge in [0.05, 0.1) is 11.1 Å². The van der Waals surface area contributed by atoms with Crippen LogP contribution in [0.4, 0.5) is 5.69 Å². The number of carbonyl (C=O) groups excluding carboxylic acids is 1. The Kier molecular flexibility index (Phi) is 2.79. The largest absolute Gasteiger partial charge is 0.329 e. The van der Waals surface area contributed by atoms with Gasteiger partial charge in [-0.1, -0.05) is 0 Å². The third kappa shape index (κ3) is 2.22. The average molecular weight is 257 g/mol. The van der Waals surface area contributed by atoms with Gasteiger partial charge in [-0.25, -0.2) is 9.67 Å². The Hall–Kier alpha value is -2.21. The van der Waals surface area contributed by atoms with Crippen LogP contribution in [-0.4, -0.2) is 27.2 Å². The Labute approximate surface area is 110 Å². The van der Waals surface area contributed by atoms with Crippen LogP contribution in [0.5, 0.6) is 0 Å². The number of rotatable bonds is 4. The van der Waals surface area contributed by atoms with Crippen molar-refractivity contribution in [1.82, 2.24) is 14.8 Å². The molecule has 0 spiro atoms. The van der Waals surface area contributed by atoms with E-state index >= 15 is 0 Å². The van der Waals surface area contributed by atoms with Gasteiger partial charge in [0.15, 0.2) is 0 Å². The number of nitrogens with one attached hydrogen (secondary N) is 1. The van der Waals surface area contributed by atoms with Crippen molar-refractivity contribution in [2.45, 2.75) is 12.8 Å². The molecule has 1 saturated carbocycles. The van der Waals surface area contributed by atoms with Crippen LogP contribution in [0.1, 0.15) is 12.8 Å². The molecule has 0 atom stereocenters. The summed E-state index contributed by atoms with van der Waals surface area (Å²) in [4.78, 5) is 15.9. The van der Waals surface area contributed by atoms with Crippen molar-refractivity contribution in [3.8, 4) is 5.69 Å². The summed E-state index contributed by atoms with van der Waals surface area (Å²) < 4.78 is 1.66. The van der Waals surface area contributed by atoms with Crippen LogP contribution in [0.25, 0.3) is 5.69 Å². The van der Waals surface area contributed by atoms with E-state index in [-0.39, 0.29) is 11.3 Å². The SMILES string of the molecule is NCC1(C(=O)Nc2ccc(-n3cncn3)cc2)CC1. The normalized spacial score (nSPS) is 16.1. The Bertz CT molecular complexity index is 572. The maximum atomic E-state index is 12.0. The molecule has 0 bridgehead atoms. The monoisotopic (exact) mass is 257 g/mol. The smallest absolute Gasteiger partial charge is 0.231 e. The highest BCUT2D eigenvalue weighted by molar-refractivity contribution is 5.97. The Balaban J connectivity index is 1.71. The fraction of sp³-hybridized carbons (Fsp3) is 0.308. The molecule has 98 valence electrons. The first-order valence-electron chi connectivity index (χ1n) is 6.20. The van der Waals surface area contributed by atoms with Gasteiger partial charge in [-0.2, -0.15) is 5.10 Å². The minimum atomic E-state index is -0.329. The lowest BCUT2D eigenvalue weighted by Crippen LogP contribution is -2.30. The molecule has 3 N–H and O–H groups in total. The lowest BCUT2D eigenvalue weighted by atomic mass is 10.1. The predicted molar refractivity (Wildman–Crippen MR) is 70.7 cm³/mol. The minimum absolute atomic E-state index is 0.0171. The van der Waals surface area contributed by atoms with Crippen molar-refractivity contribution in [3.63, 3.8) is 0 Å². The van der Waals surface area contributed by atoms with E-state index < -0.39 is 0 Å². The summed E-state index contributed by atoms with van der Waals surface area (Å²) in [5, 5.41) is 6.95. The topological polar surface area (TPSA) is 85.8 Å². The van der Waals surface area contributed by atoms with E-state index in [1.165, 1.54) is 6.33 Å². The Morgan fingerprint density at radius 1 is 1.37 bits per heavy atom. The van der Waals surface area contributed by atoms with Crippen LogP contribution in [0, 0.1) is 5.41 Å². The van der Waals surface area contributed by atoms with Gasteiger partial charge in [0.2, 0.25) is 5.91 Å². The van der Waals surface area contributed by atoms with Crippen LogP contribution < -0.4 is 11.1 Å². The number of hydrogen-bond acceptors (Lipinski definition) is 4. The van der Waals surface area contributed by atoms with E-state index in [4.69, 9.17) is 5.73 Å². The molecule has 0 aliphatic heterocycles. The number of hydrogen-bond donors (Lipinski definition) is 2. The molecule has 1 aromatic carbocycles. The van der Waals surface area contributed by atoms with Crippen LogP contribution in [-0.2, 0) is 4.79 Å². The number of carbonyl (C=O) groups is 1. The zero-order chi connectivity index (χ0) is 13.3. The molecule has 0 radical (unpaired) electrons. The van der Waals surface area contributed by atoms with Gasteiger partial charge in [-0.05, 0) is 37.1 Å². The standard InChI is InChI=1S/C13H15N5O/c14-7-13(5-6-13)12(19)17-10-1-3-11(4-2-10)18-9-15-8-16-18/h1-4,8-9H,5-7,14H2,(H,17,19). The van der Waals surface area contributed by atoms with Crippen molar-refractivity contribution in [2.75, 3.05) is 11.9 Å². The summed E-state index contributed by atoms with van der Waals surface area (Å²) in [6.07, 6.45) is 4.87. The number of benzene rings is 1. The quantitative estimate of drug-likeness (QED) is 0.853. The first-order chi connectivity index (χ1) is 9.23. The van der Waals surface area contributed by atoms with E-state index in [0.29, 0.717) is 6.54 Å². The number of nitrogens with zero attached hydrogens (tertiary/aromatic N) is 3. The molecule has 3 rings (SSSR count). The molecule has 1 aliphatic carbocycles. The fourth-order valence-corrected chi connectivity index (χ4v) is 1.98. The molecule has 0 unspecified atom stereocenters.